The van der Waals surface area contributed by atoms with E-state index in [2.05, 4.69) is 5.32 Å². The normalized spacial score (nSPS) is 17.9. The molecule has 0 unspecified atom stereocenters. The number of rotatable bonds is 6. The van der Waals surface area contributed by atoms with Gasteiger partial charge < -0.3 is 10.1 Å². The second-order valence-corrected chi connectivity index (χ2v) is 8.77. The van der Waals surface area contributed by atoms with Crippen molar-refractivity contribution >= 4 is 21.6 Å². The molecule has 1 heterocycles. The van der Waals surface area contributed by atoms with Gasteiger partial charge in [0, 0.05) is 24.8 Å². The van der Waals surface area contributed by atoms with Crippen molar-refractivity contribution in [2.75, 3.05) is 25.5 Å². The molecule has 0 aliphatic carbocycles. The topological polar surface area (TPSA) is 75.7 Å². The van der Waals surface area contributed by atoms with E-state index in [1.165, 1.54) is 28.6 Å². The highest BCUT2D eigenvalue weighted by Gasteiger charge is 2.32. The minimum Gasteiger partial charge on any atom is -0.497 e. The van der Waals surface area contributed by atoms with Crippen molar-refractivity contribution in [1.82, 2.24) is 4.31 Å². The van der Waals surface area contributed by atoms with Crippen LogP contribution in [-0.4, -0.2) is 38.8 Å². The van der Waals surface area contributed by atoms with Crippen LogP contribution >= 0.6 is 0 Å². The molecule has 1 fully saturated rings. The Labute approximate surface area is 164 Å². The fourth-order valence-corrected chi connectivity index (χ4v) is 4.85. The number of nitrogens with zero attached hydrogens (tertiary/aromatic N) is 1. The molecule has 1 aliphatic heterocycles. The second kappa shape index (κ2) is 8.70. The number of ether oxygens (including phenoxy) is 1. The summed E-state index contributed by atoms with van der Waals surface area (Å²) < 4.78 is 45.0. The number of methoxy groups -OCH3 is 1. The molecule has 1 saturated heterocycles. The maximum absolute atomic E-state index is 13.0. The van der Waals surface area contributed by atoms with Crippen molar-refractivity contribution in [3.63, 3.8) is 0 Å². The summed E-state index contributed by atoms with van der Waals surface area (Å²) in [5, 5.41) is 2.83. The number of carbonyl (C=O) groups excluding carboxylic acids is 1. The summed E-state index contributed by atoms with van der Waals surface area (Å²) in [6, 6.07) is 12.4. The number of carbonyl (C=O) groups is 1. The molecule has 1 atom stereocenters. The third-order valence-corrected chi connectivity index (χ3v) is 6.56. The van der Waals surface area contributed by atoms with Gasteiger partial charge in [-0.3, -0.25) is 4.79 Å². The van der Waals surface area contributed by atoms with E-state index in [-0.39, 0.29) is 18.2 Å². The average molecular weight is 406 g/mol. The molecule has 0 spiro atoms. The number of nitrogens with one attached hydrogen (secondary N) is 1. The van der Waals surface area contributed by atoms with Gasteiger partial charge in [-0.25, -0.2) is 17.1 Å². The Bertz CT molecular complexity index is 931. The lowest BCUT2D eigenvalue weighted by molar-refractivity contribution is -0.120. The summed E-state index contributed by atoms with van der Waals surface area (Å²) in [6.07, 6.45) is 1.23. The molecular weight excluding hydrogens is 383 g/mol. The monoisotopic (exact) mass is 406 g/mol. The van der Waals surface area contributed by atoms with Crippen LogP contribution in [0.5, 0.6) is 5.75 Å². The fourth-order valence-electron chi connectivity index (χ4n) is 3.24. The predicted molar refractivity (Wildman–Crippen MR) is 105 cm³/mol. The van der Waals surface area contributed by atoms with Gasteiger partial charge >= 0.3 is 0 Å². The minimum absolute atomic E-state index is 0.138. The van der Waals surface area contributed by atoms with Crippen LogP contribution in [0.3, 0.4) is 0 Å². The van der Waals surface area contributed by atoms with Gasteiger partial charge in [0.25, 0.3) is 0 Å². The number of piperidine rings is 1. The molecule has 2 aromatic rings. The Hall–Kier alpha value is -2.45. The first-order valence-corrected chi connectivity index (χ1v) is 10.7. The number of hydrogen-bond donors (Lipinski definition) is 1. The summed E-state index contributed by atoms with van der Waals surface area (Å²) in [6.45, 7) is 0.520. The zero-order chi connectivity index (χ0) is 20.1. The lowest BCUT2D eigenvalue weighted by Gasteiger charge is -2.31. The molecule has 1 amide bonds. The summed E-state index contributed by atoms with van der Waals surface area (Å²) in [4.78, 5) is 12.6. The molecule has 0 aromatic heterocycles. The van der Waals surface area contributed by atoms with Crippen LogP contribution < -0.4 is 10.1 Å². The molecule has 6 nitrogen and oxygen atoms in total. The first-order chi connectivity index (χ1) is 13.4. The second-order valence-electron chi connectivity index (χ2n) is 6.80. The van der Waals surface area contributed by atoms with Crippen LogP contribution in [0.2, 0.25) is 0 Å². The quantitative estimate of drug-likeness (QED) is 0.800. The van der Waals surface area contributed by atoms with E-state index < -0.39 is 21.8 Å². The first kappa shape index (κ1) is 20.3. The van der Waals surface area contributed by atoms with Gasteiger partial charge in [-0.1, -0.05) is 18.2 Å². The maximum Gasteiger partial charge on any atom is 0.228 e. The fraction of sp³-hybridized carbons (Fsp3) is 0.350. The molecule has 0 radical (unpaired) electrons. The van der Waals surface area contributed by atoms with Gasteiger partial charge in [0.2, 0.25) is 15.9 Å². The minimum atomic E-state index is -3.59. The molecule has 2 aromatic carbocycles. The van der Waals surface area contributed by atoms with Crippen molar-refractivity contribution in [2.24, 2.45) is 5.92 Å². The van der Waals surface area contributed by atoms with Crippen molar-refractivity contribution < 1.29 is 22.3 Å². The van der Waals surface area contributed by atoms with Gasteiger partial charge in [-0.2, -0.15) is 0 Å². The van der Waals surface area contributed by atoms with E-state index in [1.807, 2.05) is 0 Å². The molecule has 0 saturated carbocycles. The molecule has 28 heavy (non-hydrogen) atoms. The van der Waals surface area contributed by atoms with Gasteiger partial charge in [0.15, 0.2) is 0 Å². The highest BCUT2D eigenvalue weighted by atomic mass is 32.2. The van der Waals surface area contributed by atoms with E-state index in [1.54, 1.807) is 31.4 Å². The molecule has 1 N–H and O–H groups in total. The van der Waals surface area contributed by atoms with Gasteiger partial charge in [-0.05, 0) is 42.7 Å². The van der Waals surface area contributed by atoms with Crippen molar-refractivity contribution in [3.8, 4) is 5.75 Å². The van der Waals surface area contributed by atoms with E-state index in [0.717, 1.165) is 0 Å². The summed E-state index contributed by atoms with van der Waals surface area (Å²) in [5.74, 6) is -0.631. The standard InChI is InChI=1S/C20H23FN2O4S/c1-27-19-6-2-5-18(12-19)22-20(24)16-4-3-11-23(13-16)28(25,26)14-15-7-9-17(21)10-8-15/h2,5-10,12,16H,3-4,11,13-14H2,1H3,(H,22,24)/t16-/m0/s1. The number of benzene rings is 2. The highest BCUT2D eigenvalue weighted by Crippen LogP contribution is 2.24. The van der Waals surface area contributed by atoms with E-state index in [9.17, 15) is 17.6 Å². The first-order valence-electron chi connectivity index (χ1n) is 9.04. The largest absolute Gasteiger partial charge is 0.497 e. The van der Waals surface area contributed by atoms with Gasteiger partial charge in [0.05, 0.1) is 18.8 Å². The third-order valence-electron chi connectivity index (χ3n) is 4.75. The van der Waals surface area contributed by atoms with Crippen LogP contribution in [0, 0.1) is 11.7 Å². The molecule has 0 bridgehead atoms. The number of anilines is 1. The van der Waals surface area contributed by atoms with Crippen molar-refractivity contribution in [2.45, 2.75) is 18.6 Å². The maximum atomic E-state index is 13.0. The molecule has 1 aliphatic rings. The molecular formula is C20H23FN2O4S. The summed E-state index contributed by atoms with van der Waals surface area (Å²) in [7, 11) is -2.04. The van der Waals surface area contributed by atoms with Crippen molar-refractivity contribution in [1.29, 1.82) is 0 Å². The van der Waals surface area contributed by atoms with Gasteiger partial charge in [-0.15, -0.1) is 0 Å². The number of hydrogen-bond acceptors (Lipinski definition) is 4. The summed E-state index contributed by atoms with van der Waals surface area (Å²) >= 11 is 0. The van der Waals surface area contributed by atoms with Crippen LogP contribution in [0.1, 0.15) is 18.4 Å². The Balaban J connectivity index is 1.65. The predicted octanol–water partition coefficient (Wildman–Crippen LogP) is 3.01. The Morgan fingerprint density at radius 3 is 2.71 bits per heavy atom. The van der Waals surface area contributed by atoms with Crippen LogP contribution in [0.25, 0.3) is 0 Å². The van der Waals surface area contributed by atoms with E-state index in [0.29, 0.717) is 36.4 Å². The average Bonchev–Trinajstić information content (AvgIpc) is 2.70. The highest BCUT2D eigenvalue weighted by molar-refractivity contribution is 7.88. The molecule has 8 heteroatoms. The van der Waals surface area contributed by atoms with Crippen LogP contribution in [0.4, 0.5) is 10.1 Å². The zero-order valence-corrected chi connectivity index (χ0v) is 16.4. The number of amides is 1. The smallest absolute Gasteiger partial charge is 0.228 e. The summed E-state index contributed by atoms with van der Waals surface area (Å²) in [5.41, 5.74) is 1.12. The number of halogens is 1. The lowest BCUT2D eigenvalue weighted by atomic mass is 9.98. The molecule has 150 valence electrons. The zero-order valence-electron chi connectivity index (χ0n) is 15.6. The third kappa shape index (κ3) is 5.08. The Morgan fingerprint density at radius 1 is 1.25 bits per heavy atom. The number of sulfonamides is 1. The lowest BCUT2D eigenvalue weighted by Crippen LogP contribution is -2.44. The van der Waals surface area contributed by atoms with Crippen molar-refractivity contribution in [3.05, 3.63) is 59.9 Å². The van der Waals surface area contributed by atoms with Gasteiger partial charge in [0.1, 0.15) is 11.6 Å². The Morgan fingerprint density at radius 2 is 2.00 bits per heavy atom. The van der Waals surface area contributed by atoms with Crippen LogP contribution in [0.15, 0.2) is 48.5 Å². The molecule has 3 rings (SSSR count). The Kier molecular flexibility index (Phi) is 6.31. The van der Waals surface area contributed by atoms with E-state index in [4.69, 9.17) is 4.74 Å². The SMILES string of the molecule is COc1cccc(NC(=O)[C@H]2CCCN(S(=O)(=O)Cc3ccc(F)cc3)C2)c1. The van der Waals surface area contributed by atoms with Crippen LogP contribution in [-0.2, 0) is 20.6 Å². The van der Waals surface area contributed by atoms with E-state index >= 15 is 0 Å².